The molecule has 0 aliphatic carbocycles. The van der Waals surface area contributed by atoms with Gasteiger partial charge in [-0.05, 0) is 41.3 Å². The van der Waals surface area contributed by atoms with Gasteiger partial charge in [-0.1, -0.05) is 35.9 Å². The summed E-state index contributed by atoms with van der Waals surface area (Å²) < 4.78 is 16.9. The lowest BCUT2D eigenvalue weighted by atomic mass is 9.90. The van der Waals surface area contributed by atoms with Crippen LogP contribution in [0.2, 0.25) is 5.02 Å². The molecule has 2 aromatic carbocycles. The van der Waals surface area contributed by atoms with Gasteiger partial charge in [0.25, 0.3) is 0 Å². The van der Waals surface area contributed by atoms with Gasteiger partial charge >= 0.3 is 0 Å². The highest BCUT2D eigenvalue weighted by molar-refractivity contribution is 6.31. The number of hydrogen-bond acceptors (Lipinski definition) is 7. The van der Waals surface area contributed by atoms with Crippen LogP contribution in [0.25, 0.3) is 0 Å². The Morgan fingerprint density at radius 2 is 1.77 bits per heavy atom. The standard InChI is InChI=1S/C23H27ClO7/c24-18-6-3-14(23-22(28)21(27)20(26)19(11-25)31-23)10-15(18)9-13-1-4-16(5-2-13)30-17-7-8-29-12-17/h1-6,10,17,19-23,25-28H,7-9,11-12H2/t17-,19?,20+,21?,22+,23-/m0/s1. The van der Waals surface area contributed by atoms with Crippen molar-refractivity contribution in [2.24, 2.45) is 0 Å². The molecule has 2 aliphatic heterocycles. The summed E-state index contributed by atoms with van der Waals surface area (Å²) in [7, 11) is 0. The average molecular weight is 451 g/mol. The van der Waals surface area contributed by atoms with Gasteiger partial charge in [0.2, 0.25) is 0 Å². The maximum Gasteiger partial charge on any atom is 0.124 e. The molecule has 31 heavy (non-hydrogen) atoms. The topological polar surface area (TPSA) is 109 Å². The monoisotopic (exact) mass is 450 g/mol. The second kappa shape index (κ2) is 9.83. The molecular formula is C23H27ClO7. The number of rotatable bonds is 6. The van der Waals surface area contributed by atoms with Crippen molar-refractivity contribution in [3.63, 3.8) is 0 Å². The van der Waals surface area contributed by atoms with Crippen molar-refractivity contribution < 1.29 is 34.6 Å². The molecule has 0 aromatic heterocycles. The van der Waals surface area contributed by atoms with Crippen LogP contribution in [-0.4, -0.2) is 70.8 Å². The quantitative estimate of drug-likeness (QED) is 0.529. The molecule has 0 spiro atoms. The van der Waals surface area contributed by atoms with Gasteiger partial charge in [0.15, 0.2) is 0 Å². The van der Waals surface area contributed by atoms with Crippen LogP contribution in [0.15, 0.2) is 42.5 Å². The minimum atomic E-state index is -1.42. The molecule has 4 N–H and O–H groups in total. The van der Waals surface area contributed by atoms with E-state index in [9.17, 15) is 20.4 Å². The molecule has 2 saturated heterocycles. The summed E-state index contributed by atoms with van der Waals surface area (Å²) in [5.74, 6) is 0.792. The molecule has 0 saturated carbocycles. The molecule has 2 aromatic rings. The van der Waals surface area contributed by atoms with Crippen LogP contribution in [0, 0.1) is 0 Å². The van der Waals surface area contributed by atoms with Crippen LogP contribution in [0.1, 0.15) is 29.2 Å². The van der Waals surface area contributed by atoms with Crippen LogP contribution in [0.4, 0.5) is 0 Å². The Balaban J connectivity index is 1.49. The van der Waals surface area contributed by atoms with Crippen molar-refractivity contribution in [2.45, 2.75) is 49.5 Å². The van der Waals surface area contributed by atoms with Crippen molar-refractivity contribution in [1.82, 2.24) is 0 Å². The van der Waals surface area contributed by atoms with E-state index in [2.05, 4.69) is 0 Å². The number of aliphatic hydroxyl groups excluding tert-OH is 4. The molecule has 2 aliphatic rings. The normalized spacial score (nSPS) is 31.0. The number of benzene rings is 2. The van der Waals surface area contributed by atoms with Gasteiger partial charge in [0.1, 0.15) is 42.4 Å². The number of ether oxygens (including phenoxy) is 3. The molecule has 168 valence electrons. The fraction of sp³-hybridized carbons (Fsp3) is 0.478. The Morgan fingerprint density at radius 3 is 2.45 bits per heavy atom. The second-order valence-corrected chi connectivity index (χ2v) is 8.43. The summed E-state index contributed by atoms with van der Waals surface area (Å²) in [5.41, 5.74) is 2.47. The highest BCUT2D eigenvalue weighted by Gasteiger charge is 2.44. The molecule has 7 nitrogen and oxygen atoms in total. The van der Waals surface area contributed by atoms with Crippen LogP contribution in [0.5, 0.6) is 5.75 Å². The zero-order valence-electron chi connectivity index (χ0n) is 16.9. The molecule has 2 heterocycles. The first-order valence-corrected chi connectivity index (χ1v) is 10.8. The lowest BCUT2D eigenvalue weighted by Gasteiger charge is -2.40. The fourth-order valence-electron chi connectivity index (χ4n) is 3.99. The minimum Gasteiger partial charge on any atom is -0.488 e. The molecule has 4 rings (SSSR count). The van der Waals surface area contributed by atoms with E-state index in [0.717, 1.165) is 29.9 Å². The van der Waals surface area contributed by atoms with Crippen molar-refractivity contribution in [1.29, 1.82) is 0 Å². The Hall–Kier alpha value is -1.71. The summed E-state index contributed by atoms with van der Waals surface area (Å²) in [6, 6.07) is 13.0. The summed E-state index contributed by atoms with van der Waals surface area (Å²) in [6.45, 7) is 0.872. The number of halogens is 1. The number of hydrogen-bond donors (Lipinski definition) is 4. The second-order valence-electron chi connectivity index (χ2n) is 8.02. The first kappa shape index (κ1) is 22.5. The number of aliphatic hydroxyl groups is 4. The SMILES string of the molecule is OCC1O[C@@H](c2ccc(Cl)c(Cc3ccc(O[C@H]4CCOC4)cc3)c2)[C@H](O)C(O)[C@@H]1O. The molecule has 0 bridgehead atoms. The van der Waals surface area contributed by atoms with Gasteiger partial charge in [-0.15, -0.1) is 0 Å². The predicted octanol–water partition coefficient (Wildman–Crippen LogP) is 1.61. The van der Waals surface area contributed by atoms with Crippen LogP contribution in [-0.2, 0) is 15.9 Å². The lowest BCUT2D eigenvalue weighted by Crippen LogP contribution is -2.55. The van der Waals surface area contributed by atoms with E-state index in [4.69, 9.17) is 25.8 Å². The Morgan fingerprint density at radius 1 is 1.00 bits per heavy atom. The molecule has 8 heteroatoms. The third kappa shape index (κ3) is 5.04. The van der Waals surface area contributed by atoms with Gasteiger partial charge in [0, 0.05) is 11.4 Å². The molecule has 0 radical (unpaired) electrons. The summed E-state index contributed by atoms with van der Waals surface area (Å²) in [6.07, 6.45) is -4.46. The summed E-state index contributed by atoms with van der Waals surface area (Å²) in [4.78, 5) is 0. The van der Waals surface area contributed by atoms with Gasteiger partial charge in [-0.2, -0.15) is 0 Å². The first-order valence-electron chi connectivity index (χ1n) is 10.4. The largest absolute Gasteiger partial charge is 0.488 e. The van der Waals surface area contributed by atoms with E-state index in [1.165, 1.54) is 0 Å². The van der Waals surface area contributed by atoms with Gasteiger partial charge < -0.3 is 34.6 Å². The summed E-state index contributed by atoms with van der Waals surface area (Å²) in [5, 5.41) is 40.5. The molecule has 6 atom stereocenters. The Kier molecular flexibility index (Phi) is 7.13. The highest BCUT2D eigenvalue weighted by Crippen LogP contribution is 2.34. The van der Waals surface area contributed by atoms with Gasteiger partial charge in [-0.25, -0.2) is 0 Å². The van der Waals surface area contributed by atoms with Crippen molar-refractivity contribution in [3.8, 4) is 5.75 Å². The maximum absolute atomic E-state index is 10.4. The van der Waals surface area contributed by atoms with Gasteiger partial charge in [0.05, 0.1) is 19.8 Å². The fourth-order valence-corrected chi connectivity index (χ4v) is 4.17. The Bertz CT molecular complexity index is 867. The summed E-state index contributed by atoms with van der Waals surface area (Å²) >= 11 is 6.40. The third-order valence-corrected chi connectivity index (χ3v) is 6.17. The van der Waals surface area contributed by atoms with Crippen molar-refractivity contribution in [3.05, 3.63) is 64.2 Å². The van der Waals surface area contributed by atoms with Crippen LogP contribution >= 0.6 is 11.6 Å². The van der Waals surface area contributed by atoms with Crippen molar-refractivity contribution >= 4 is 11.6 Å². The predicted molar refractivity (Wildman–Crippen MR) is 113 cm³/mol. The smallest absolute Gasteiger partial charge is 0.124 e. The lowest BCUT2D eigenvalue weighted by molar-refractivity contribution is -0.231. The molecule has 2 unspecified atom stereocenters. The van der Waals surface area contributed by atoms with E-state index < -0.39 is 37.1 Å². The van der Waals surface area contributed by atoms with E-state index in [1.807, 2.05) is 30.3 Å². The maximum atomic E-state index is 10.4. The molecular weight excluding hydrogens is 424 g/mol. The van der Waals surface area contributed by atoms with E-state index in [0.29, 0.717) is 23.6 Å². The van der Waals surface area contributed by atoms with E-state index in [1.54, 1.807) is 12.1 Å². The Labute approximate surface area is 185 Å². The zero-order chi connectivity index (χ0) is 22.0. The van der Waals surface area contributed by atoms with Crippen molar-refractivity contribution in [2.75, 3.05) is 19.8 Å². The van der Waals surface area contributed by atoms with E-state index >= 15 is 0 Å². The van der Waals surface area contributed by atoms with Crippen LogP contribution < -0.4 is 4.74 Å². The molecule has 0 amide bonds. The first-order chi connectivity index (χ1) is 15.0. The average Bonchev–Trinajstić information content (AvgIpc) is 3.28. The minimum absolute atomic E-state index is 0.0931. The van der Waals surface area contributed by atoms with E-state index in [-0.39, 0.29) is 6.10 Å². The zero-order valence-corrected chi connectivity index (χ0v) is 17.7. The molecule has 2 fully saturated rings. The highest BCUT2D eigenvalue weighted by atomic mass is 35.5. The van der Waals surface area contributed by atoms with Crippen LogP contribution in [0.3, 0.4) is 0 Å². The van der Waals surface area contributed by atoms with Gasteiger partial charge in [-0.3, -0.25) is 0 Å². The third-order valence-electron chi connectivity index (χ3n) is 5.80.